The Hall–Kier alpha value is -1.19. The summed E-state index contributed by atoms with van der Waals surface area (Å²) >= 11 is 0. The highest BCUT2D eigenvalue weighted by atomic mass is 16.3. The molecule has 1 aromatic rings. The van der Waals surface area contributed by atoms with Crippen LogP contribution in [0.4, 0.5) is 0 Å². The van der Waals surface area contributed by atoms with Crippen LogP contribution in [0.25, 0.3) is 0 Å². The molecule has 0 radical (unpaired) electrons. The Morgan fingerprint density at radius 2 is 1.90 bits per heavy atom. The van der Waals surface area contributed by atoms with Crippen LogP contribution in [-0.4, -0.2) is 41.5 Å². The maximum absolute atomic E-state index is 12.5. The molecule has 0 saturated heterocycles. The van der Waals surface area contributed by atoms with E-state index in [-0.39, 0.29) is 12.4 Å². The van der Waals surface area contributed by atoms with Crippen molar-refractivity contribution in [1.29, 1.82) is 0 Å². The molecule has 0 aliphatic carbocycles. The van der Waals surface area contributed by atoms with Crippen molar-refractivity contribution in [3.8, 4) is 0 Å². The molecule has 0 bridgehead atoms. The fraction of sp³-hybridized carbons (Fsp3) is 0.588. The molecule has 112 valence electrons. The number of nitrogens with zero attached hydrogens (tertiary/aromatic N) is 1. The van der Waals surface area contributed by atoms with Crippen LogP contribution in [0.3, 0.4) is 0 Å². The number of benzene rings is 1. The predicted octanol–water partition coefficient (Wildman–Crippen LogP) is 2.97. The molecule has 0 fully saturated rings. The first kappa shape index (κ1) is 16.9. The van der Waals surface area contributed by atoms with E-state index in [0.29, 0.717) is 19.1 Å². The molecule has 0 atom stereocenters. The van der Waals surface area contributed by atoms with Crippen LogP contribution in [0.2, 0.25) is 0 Å². The van der Waals surface area contributed by atoms with Crippen LogP contribution < -0.4 is 0 Å². The lowest BCUT2D eigenvalue weighted by Gasteiger charge is -2.29. The first-order chi connectivity index (χ1) is 9.53. The van der Waals surface area contributed by atoms with Crippen LogP contribution in [0.15, 0.2) is 18.2 Å². The van der Waals surface area contributed by atoms with Crippen molar-refractivity contribution in [1.82, 2.24) is 4.90 Å². The van der Waals surface area contributed by atoms with Crippen LogP contribution >= 0.6 is 0 Å². The van der Waals surface area contributed by atoms with E-state index in [9.17, 15) is 9.90 Å². The minimum Gasteiger partial charge on any atom is -0.395 e. The lowest BCUT2D eigenvalue weighted by molar-refractivity contribution is 0.0850. The Morgan fingerprint density at radius 1 is 1.25 bits per heavy atom. The van der Waals surface area contributed by atoms with Gasteiger partial charge >= 0.3 is 0 Å². The van der Waals surface area contributed by atoms with Gasteiger partial charge in [0.15, 0.2) is 5.78 Å². The summed E-state index contributed by atoms with van der Waals surface area (Å²) in [6, 6.07) is 6.29. The average molecular weight is 277 g/mol. The van der Waals surface area contributed by atoms with Gasteiger partial charge in [-0.1, -0.05) is 37.6 Å². The molecule has 1 rings (SSSR count). The van der Waals surface area contributed by atoms with Crippen LogP contribution in [-0.2, 0) is 0 Å². The van der Waals surface area contributed by atoms with Gasteiger partial charge in [-0.2, -0.15) is 0 Å². The van der Waals surface area contributed by atoms with E-state index >= 15 is 0 Å². The van der Waals surface area contributed by atoms with Crippen molar-refractivity contribution in [2.24, 2.45) is 0 Å². The maximum atomic E-state index is 12.5. The first-order valence-electron chi connectivity index (χ1n) is 7.48. The summed E-state index contributed by atoms with van der Waals surface area (Å²) in [5, 5.41) is 9.20. The van der Waals surface area contributed by atoms with Gasteiger partial charge in [-0.05, 0) is 32.3 Å². The highest BCUT2D eigenvalue weighted by Crippen LogP contribution is 2.14. The predicted molar refractivity (Wildman–Crippen MR) is 83.3 cm³/mol. The molecule has 0 unspecified atom stereocenters. The van der Waals surface area contributed by atoms with E-state index in [1.807, 2.05) is 32.0 Å². The molecule has 0 saturated carbocycles. The summed E-state index contributed by atoms with van der Waals surface area (Å²) in [5.74, 6) is 0.142. The van der Waals surface area contributed by atoms with Gasteiger partial charge in [0, 0.05) is 18.2 Å². The zero-order valence-electron chi connectivity index (χ0n) is 13.1. The van der Waals surface area contributed by atoms with Crippen molar-refractivity contribution in [2.75, 3.05) is 19.7 Å². The zero-order chi connectivity index (χ0) is 15.1. The van der Waals surface area contributed by atoms with Gasteiger partial charge < -0.3 is 5.11 Å². The molecule has 0 aliphatic rings. The van der Waals surface area contributed by atoms with Gasteiger partial charge in [0.25, 0.3) is 0 Å². The quantitative estimate of drug-likeness (QED) is 0.743. The zero-order valence-corrected chi connectivity index (χ0v) is 13.1. The van der Waals surface area contributed by atoms with Gasteiger partial charge in [0.2, 0.25) is 0 Å². The summed E-state index contributed by atoms with van der Waals surface area (Å²) in [4.78, 5) is 14.6. The first-order valence-corrected chi connectivity index (χ1v) is 7.48. The maximum Gasteiger partial charge on any atom is 0.177 e. The van der Waals surface area contributed by atoms with Crippen LogP contribution in [0.5, 0.6) is 0 Å². The fourth-order valence-electron chi connectivity index (χ4n) is 2.72. The number of aliphatic hydroxyl groups is 1. The second-order valence-corrected chi connectivity index (χ2v) is 5.41. The minimum absolute atomic E-state index is 0.0939. The summed E-state index contributed by atoms with van der Waals surface area (Å²) in [7, 11) is 0. The van der Waals surface area contributed by atoms with Gasteiger partial charge in [0.05, 0.1) is 13.2 Å². The van der Waals surface area contributed by atoms with Crippen molar-refractivity contribution in [3.63, 3.8) is 0 Å². The van der Waals surface area contributed by atoms with Gasteiger partial charge in [-0.25, -0.2) is 0 Å². The summed E-state index contributed by atoms with van der Waals surface area (Å²) in [5.41, 5.74) is 3.00. The Labute approximate surface area is 122 Å². The average Bonchev–Trinajstić information content (AvgIpc) is 2.40. The molecule has 0 aliphatic heterocycles. The van der Waals surface area contributed by atoms with Crippen LogP contribution in [0, 0.1) is 13.8 Å². The fourth-order valence-corrected chi connectivity index (χ4v) is 2.72. The third kappa shape index (κ3) is 4.43. The van der Waals surface area contributed by atoms with Gasteiger partial charge in [-0.15, -0.1) is 0 Å². The normalized spacial score (nSPS) is 11.3. The Balaban J connectivity index is 2.84. The summed E-state index contributed by atoms with van der Waals surface area (Å²) < 4.78 is 0. The third-order valence-corrected chi connectivity index (χ3v) is 3.88. The largest absolute Gasteiger partial charge is 0.395 e. The van der Waals surface area contributed by atoms with Crippen LogP contribution in [0.1, 0.15) is 48.2 Å². The molecule has 1 aromatic carbocycles. The molecule has 3 nitrogen and oxygen atoms in total. The number of rotatable bonds is 8. The van der Waals surface area contributed by atoms with Crippen molar-refractivity contribution in [2.45, 2.75) is 46.6 Å². The number of carbonyl (C=O) groups excluding carboxylic acids is 1. The highest BCUT2D eigenvalue weighted by Gasteiger charge is 2.19. The standard InChI is InChI=1S/C17H27NO2/c1-5-15(6-2)18(9-10-19)12-17(20)16-8-7-13(3)11-14(16)4/h7-8,11,15,19H,5-6,9-10,12H2,1-4H3. The topological polar surface area (TPSA) is 40.5 Å². The molecular formula is C17H27NO2. The SMILES string of the molecule is CCC(CC)N(CCO)CC(=O)c1ccc(C)cc1C. The monoisotopic (exact) mass is 277 g/mol. The number of aryl methyl sites for hydroxylation is 2. The number of Topliss-reactive ketones (excluding diaryl/α,β-unsaturated/α-hetero) is 1. The Morgan fingerprint density at radius 3 is 2.40 bits per heavy atom. The Bertz CT molecular complexity index is 439. The van der Waals surface area contributed by atoms with Gasteiger partial charge in [0.1, 0.15) is 0 Å². The van der Waals surface area contributed by atoms with Gasteiger partial charge in [-0.3, -0.25) is 9.69 Å². The van der Waals surface area contributed by atoms with E-state index in [1.54, 1.807) is 0 Å². The molecule has 3 heteroatoms. The molecule has 0 spiro atoms. The molecule has 0 amide bonds. The molecule has 0 heterocycles. The van der Waals surface area contributed by atoms with E-state index in [1.165, 1.54) is 5.56 Å². The van der Waals surface area contributed by atoms with E-state index in [4.69, 9.17) is 0 Å². The Kier molecular flexibility index (Phi) is 6.89. The number of carbonyl (C=O) groups is 1. The molecule has 1 N–H and O–H groups in total. The van der Waals surface area contributed by atoms with Crippen molar-refractivity contribution in [3.05, 3.63) is 34.9 Å². The van der Waals surface area contributed by atoms with Crippen molar-refractivity contribution >= 4 is 5.78 Å². The number of hydrogen-bond donors (Lipinski definition) is 1. The molecule has 20 heavy (non-hydrogen) atoms. The molecule has 0 aromatic heterocycles. The lowest BCUT2D eigenvalue weighted by atomic mass is 10.0. The minimum atomic E-state index is 0.0939. The van der Waals surface area contributed by atoms with E-state index in [0.717, 1.165) is 24.0 Å². The lowest BCUT2D eigenvalue weighted by Crippen LogP contribution is -2.40. The molecular weight excluding hydrogens is 250 g/mol. The second-order valence-electron chi connectivity index (χ2n) is 5.41. The highest BCUT2D eigenvalue weighted by molar-refractivity contribution is 5.99. The smallest absolute Gasteiger partial charge is 0.177 e. The van der Waals surface area contributed by atoms with Crippen molar-refractivity contribution < 1.29 is 9.90 Å². The summed E-state index contributed by atoms with van der Waals surface area (Å²) in [6.07, 6.45) is 1.99. The summed E-state index contributed by atoms with van der Waals surface area (Å²) in [6.45, 7) is 9.30. The second kappa shape index (κ2) is 8.18. The number of ketones is 1. The number of aliphatic hydroxyl groups excluding tert-OH is 1. The third-order valence-electron chi connectivity index (χ3n) is 3.88. The number of hydrogen-bond acceptors (Lipinski definition) is 3. The van der Waals surface area contributed by atoms with E-state index in [2.05, 4.69) is 18.7 Å². The van der Waals surface area contributed by atoms with E-state index < -0.39 is 0 Å².